The molecule has 0 amide bonds. The number of rotatable bonds is 4. The van der Waals surface area contributed by atoms with Crippen LogP contribution in [0.5, 0.6) is 11.5 Å². The Balaban J connectivity index is 2.20. The van der Waals surface area contributed by atoms with Gasteiger partial charge in [-0.05, 0) is 37.3 Å². The lowest BCUT2D eigenvalue weighted by Crippen LogP contribution is -1.97. The van der Waals surface area contributed by atoms with Gasteiger partial charge in [-0.1, -0.05) is 18.2 Å². The van der Waals surface area contributed by atoms with E-state index in [-0.39, 0.29) is 0 Å². The van der Waals surface area contributed by atoms with Gasteiger partial charge in [0.2, 0.25) is 0 Å². The normalized spacial score (nSPS) is 10.8. The van der Waals surface area contributed by atoms with Crippen molar-refractivity contribution in [2.24, 2.45) is 0 Å². The van der Waals surface area contributed by atoms with E-state index in [1.807, 2.05) is 12.1 Å². The van der Waals surface area contributed by atoms with Crippen LogP contribution in [0.4, 0.5) is 0 Å². The van der Waals surface area contributed by atoms with Gasteiger partial charge in [-0.15, -0.1) is 0 Å². The quantitative estimate of drug-likeness (QED) is 0.710. The lowest BCUT2D eigenvalue weighted by Gasteiger charge is -2.12. The van der Waals surface area contributed by atoms with Crippen LogP contribution in [-0.2, 0) is 6.54 Å². The Bertz CT molecular complexity index is 774. The third-order valence-electron chi connectivity index (χ3n) is 3.81. The fraction of sp³-hybridized carbons (Fsp3) is 0.222. The maximum Gasteiger partial charge on any atom is 0.161 e. The summed E-state index contributed by atoms with van der Waals surface area (Å²) in [6.07, 6.45) is 0. The molecule has 0 N–H and O–H groups in total. The van der Waals surface area contributed by atoms with Gasteiger partial charge in [0.05, 0.1) is 14.2 Å². The number of benzene rings is 2. The van der Waals surface area contributed by atoms with Gasteiger partial charge in [0.15, 0.2) is 11.5 Å². The molecule has 1 heterocycles. The lowest BCUT2D eigenvalue weighted by atomic mass is 10.1. The first kappa shape index (κ1) is 13.6. The lowest BCUT2D eigenvalue weighted by molar-refractivity contribution is 0.355. The van der Waals surface area contributed by atoms with E-state index >= 15 is 0 Å². The topological polar surface area (TPSA) is 23.4 Å². The van der Waals surface area contributed by atoms with Gasteiger partial charge in [0.25, 0.3) is 0 Å². The molecule has 108 valence electrons. The van der Waals surface area contributed by atoms with E-state index in [0.717, 1.165) is 23.6 Å². The second kappa shape index (κ2) is 5.52. The molecular formula is C18H19NO2. The van der Waals surface area contributed by atoms with Crippen molar-refractivity contribution in [1.29, 1.82) is 0 Å². The maximum atomic E-state index is 5.41. The number of hydrogen-bond donors (Lipinski definition) is 0. The van der Waals surface area contributed by atoms with Crippen LogP contribution in [-0.4, -0.2) is 18.8 Å². The minimum Gasteiger partial charge on any atom is -0.493 e. The predicted molar refractivity (Wildman–Crippen MR) is 86.2 cm³/mol. The number of aromatic nitrogens is 1. The van der Waals surface area contributed by atoms with Gasteiger partial charge in [0, 0.05) is 28.7 Å². The molecule has 0 aliphatic carbocycles. The molecule has 0 unspecified atom stereocenters. The van der Waals surface area contributed by atoms with Gasteiger partial charge in [0.1, 0.15) is 0 Å². The summed E-state index contributed by atoms with van der Waals surface area (Å²) < 4.78 is 13.0. The number of nitrogens with zero attached hydrogens (tertiary/aromatic N) is 1. The first-order valence-electron chi connectivity index (χ1n) is 7.09. The highest BCUT2D eigenvalue weighted by molar-refractivity contribution is 5.87. The van der Waals surface area contributed by atoms with E-state index < -0.39 is 0 Å². The van der Waals surface area contributed by atoms with Gasteiger partial charge < -0.3 is 14.0 Å². The Morgan fingerprint density at radius 1 is 0.905 bits per heavy atom. The summed E-state index contributed by atoms with van der Waals surface area (Å²) in [6.45, 7) is 3.09. The van der Waals surface area contributed by atoms with Crippen LogP contribution in [0.3, 0.4) is 0 Å². The summed E-state index contributed by atoms with van der Waals surface area (Å²) in [7, 11) is 3.32. The van der Waals surface area contributed by atoms with Crippen molar-refractivity contribution in [2.75, 3.05) is 14.2 Å². The number of aryl methyl sites for hydroxylation is 1. The van der Waals surface area contributed by atoms with E-state index in [1.54, 1.807) is 14.2 Å². The molecule has 0 atom stereocenters. The van der Waals surface area contributed by atoms with E-state index in [2.05, 4.69) is 47.9 Å². The Kier molecular flexibility index (Phi) is 3.57. The molecule has 0 aliphatic rings. The Morgan fingerprint density at radius 3 is 2.38 bits per heavy atom. The molecule has 2 aromatic carbocycles. The summed E-state index contributed by atoms with van der Waals surface area (Å²) in [4.78, 5) is 0. The highest BCUT2D eigenvalue weighted by atomic mass is 16.5. The van der Waals surface area contributed by atoms with Crippen LogP contribution in [0, 0.1) is 0 Å². The fourth-order valence-electron chi connectivity index (χ4n) is 2.79. The van der Waals surface area contributed by atoms with E-state index in [1.165, 1.54) is 16.6 Å². The first-order valence-corrected chi connectivity index (χ1v) is 7.09. The SMILES string of the molecule is CCn1c(-c2ccc(OC)c(OC)c2)cc2ccccc21. The molecule has 0 radical (unpaired) electrons. The van der Waals surface area contributed by atoms with Crippen molar-refractivity contribution < 1.29 is 9.47 Å². The van der Waals surface area contributed by atoms with Crippen molar-refractivity contribution in [3.05, 3.63) is 48.5 Å². The number of methoxy groups -OCH3 is 2. The third-order valence-corrected chi connectivity index (χ3v) is 3.81. The number of ether oxygens (including phenoxy) is 2. The van der Waals surface area contributed by atoms with Crippen LogP contribution in [0.25, 0.3) is 22.2 Å². The zero-order valence-corrected chi connectivity index (χ0v) is 12.6. The van der Waals surface area contributed by atoms with Crippen molar-refractivity contribution in [3.8, 4) is 22.8 Å². The first-order chi connectivity index (χ1) is 10.3. The Morgan fingerprint density at radius 2 is 1.67 bits per heavy atom. The van der Waals surface area contributed by atoms with Crippen LogP contribution in [0.1, 0.15) is 6.92 Å². The van der Waals surface area contributed by atoms with Crippen molar-refractivity contribution >= 4 is 10.9 Å². The van der Waals surface area contributed by atoms with Crippen LogP contribution < -0.4 is 9.47 Å². The second-order valence-corrected chi connectivity index (χ2v) is 4.90. The molecule has 1 aromatic heterocycles. The molecule has 21 heavy (non-hydrogen) atoms. The van der Waals surface area contributed by atoms with Crippen LogP contribution in [0.15, 0.2) is 48.5 Å². The smallest absolute Gasteiger partial charge is 0.161 e. The predicted octanol–water partition coefficient (Wildman–Crippen LogP) is 4.35. The highest BCUT2D eigenvalue weighted by Crippen LogP contribution is 2.34. The summed E-state index contributed by atoms with van der Waals surface area (Å²) in [6, 6.07) is 16.7. The van der Waals surface area contributed by atoms with Crippen molar-refractivity contribution in [2.45, 2.75) is 13.5 Å². The molecule has 3 heteroatoms. The molecule has 0 spiro atoms. The highest BCUT2D eigenvalue weighted by Gasteiger charge is 2.12. The molecule has 3 rings (SSSR count). The minimum atomic E-state index is 0.750. The summed E-state index contributed by atoms with van der Waals surface area (Å²) >= 11 is 0. The second-order valence-electron chi connectivity index (χ2n) is 4.90. The van der Waals surface area contributed by atoms with Crippen molar-refractivity contribution in [3.63, 3.8) is 0 Å². The monoisotopic (exact) mass is 281 g/mol. The van der Waals surface area contributed by atoms with Gasteiger partial charge in [-0.2, -0.15) is 0 Å². The zero-order valence-electron chi connectivity index (χ0n) is 12.6. The molecule has 3 aromatic rings. The molecule has 0 saturated carbocycles. The third kappa shape index (κ3) is 2.25. The zero-order chi connectivity index (χ0) is 14.8. The molecular weight excluding hydrogens is 262 g/mol. The largest absolute Gasteiger partial charge is 0.493 e. The summed E-state index contributed by atoms with van der Waals surface area (Å²) in [5, 5.41) is 1.25. The fourth-order valence-corrected chi connectivity index (χ4v) is 2.79. The summed E-state index contributed by atoms with van der Waals surface area (Å²) in [5.41, 5.74) is 3.58. The number of para-hydroxylation sites is 1. The van der Waals surface area contributed by atoms with Crippen LogP contribution in [0.2, 0.25) is 0 Å². The minimum absolute atomic E-state index is 0.750. The molecule has 0 saturated heterocycles. The van der Waals surface area contributed by atoms with Gasteiger partial charge >= 0.3 is 0 Å². The number of hydrogen-bond acceptors (Lipinski definition) is 2. The molecule has 0 aliphatic heterocycles. The Hall–Kier alpha value is -2.42. The number of fused-ring (bicyclic) bond motifs is 1. The molecule has 0 fully saturated rings. The van der Waals surface area contributed by atoms with Crippen molar-refractivity contribution in [1.82, 2.24) is 4.57 Å². The Labute approximate surface area is 124 Å². The molecule has 3 nitrogen and oxygen atoms in total. The van der Waals surface area contributed by atoms with E-state index in [9.17, 15) is 0 Å². The standard InChI is InChI=1S/C18H19NO2/c1-4-19-15-8-6-5-7-13(15)11-16(19)14-9-10-17(20-2)18(12-14)21-3/h5-12H,4H2,1-3H3. The summed E-state index contributed by atoms with van der Waals surface area (Å²) in [5.74, 6) is 1.50. The average molecular weight is 281 g/mol. The average Bonchev–Trinajstić information content (AvgIpc) is 2.92. The molecule has 0 bridgehead atoms. The van der Waals surface area contributed by atoms with Crippen LogP contribution >= 0.6 is 0 Å². The van der Waals surface area contributed by atoms with E-state index in [0.29, 0.717) is 0 Å². The van der Waals surface area contributed by atoms with Gasteiger partial charge in [-0.3, -0.25) is 0 Å². The van der Waals surface area contributed by atoms with Gasteiger partial charge in [-0.25, -0.2) is 0 Å². The van der Waals surface area contributed by atoms with E-state index in [4.69, 9.17) is 9.47 Å². The maximum absolute atomic E-state index is 5.41.